The van der Waals surface area contributed by atoms with Gasteiger partial charge in [0.05, 0.1) is 0 Å². The Hall–Kier alpha value is -2.13. The molecule has 0 aliphatic carbocycles. The number of halogens is 4. The van der Waals surface area contributed by atoms with E-state index in [0.29, 0.717) is 0 Å². The third kappa shape index (κ3) is 7.53. The topological polar surface area (TPSA) is 78.9 Å². The van der Waals surface area contributed by atoms with Gasteiger partial charge in [-0.05, 0) is 6.92 Å². The monoisotopic (exact) mass is 372 g/mol. The number of hydrogen-bond acceptors (Lipinski definition) is 6. The number of rotatable bonds is 10. The van der Waals surface area contributed by atoms with Gasteiger partial charge >= 0.3 is 29.8 Å². The van der Waals surface area contributed by atoms with Gasteiger partial charge < -0.3 is 14.2 Å². The highest BCUT2D eigenvalue weighted by Crippen LogP contribution is 2.21. The average Bonchev–Trinajstić information content (AvgIpc) is 2.55. The molecule has 0 bridgehead atoms. The fourth-order valence-electron chi connectivity index (χ4n) is 1.21. The largest absolute Gasteiger partial charge is 0.457 e. The Kier molecular flexibility index (Phi) is 8.58. The molecule has 0 saturated heterocycles. The Morgan fingerprint density at radius 2 is 1.28 bits per heavy atom. The van der Waals surface area contributed by atoms with E-state index < -0.39 is 61.9 Å². The molecule has 0 aromatic rings. The van der Waals surface area contributed by atoms with Crippen molar-refractivity contribution in [3.63, 3.8) is 0 Å². The van der Waals surface area contributed by atoms with Crippen molar-refractivity contribution in [3.8, 4) is 0 Å². The molecule has 0 aromatic heterocycles. The predicted octanol–water partition coefficient (Wildman–Crippen LogP) is 2.65. The van der Waals surface area contributed by atoms with E-state index in [4.69, 9.17) is 4.74 Å². The van der Waals surface area contributed by atoms with Gasteiger partial charge in [0, 0.05) is 18.4 Å². The van der Waals surface area contributed by atoms with Gasteiger partial charge in [-0.25, -0.2) is 14.4 Å². The summed E-state index contributed by atoms with van der Waals surface area (Å²) in [6, 6.07) is 0. The van der Waals surface area contributed by atoms with Crippen molar-refractivity contribution in [1.29, 1.82) is 0 Å². The molecular weight excluding hydrogens is 352 g/mol. The summed E-state index contributed by atoms with van der Waals surface area (Å²) in [4.78, 5) is 33.9. The molecule has 0 aliphatic heterocycles. The van der Waals surface area contributed by atoms with Gasteiger partial charge in [-0.2, -0.15) is 17.6 Å². The molecule has 0 aliphatic rings. The first-order chi connectivity index (χ1) is 11.4. The SMILES string of the molecule is C=C(C)C(=O)OC(COC(=O)C(F)(F)CC)COC(=O)C(F)(F)CC. The van der Waals surface area contributed by atoms with Crippen LogP contribution in [0.15, 0.2) is 12.2 Å². The van der Waals surface area contributed by atoms with E-state index in [2.05, 4.69) is 16.1 Å². The highest BCUT2D eigenvalue weighted by Gasteiger charge is 2.40. The molecule has 6 nitrogen and oxygen atoms in total. The molecule has 10 heteroatoms. The maximum atomic E-state index is 13.1. The quantitative estimate of drug-likeness (QED) is 0.254. The molecule has 0 N–H and O–H groups in total. The molecule has 0 aromatic carbocycles. The minimum Gasteiger partial charge on any atom is -0.457 e. The minimum atomic E-state index is -3.76. The molecular formula is C15H20F4O6. The maximum absolute atomic E-state index is 13.1. The van der Waals surface area contributed by atoms with Crippen LogP contribution in [-0.2, 0) is 28.6 Å². The second-order valence-electron chi connectivity index (χ2n) is 5.12. The lowest BCUT2D eigenvalue weighted by molar-refractivity contribution is -0.185. The normalized spacial score (nSPS) is 11.8. The smallest absolute Gasteiger partial charge is 0.377 e. The maximum Gasteiger partial charge on any atom is 0.377 e. The lowest BCUT2D eigenvalue weighted by Gasteiger charge is -2.21. The third-order valence-corrected chi connectivity index (χ3v) is 2.91. The molecule has 0 heterocycles. The summed E-state index contributed by atoms with van der Waals surface area (Å²) in [5.74, 6) is -12.3. The standard InChI is InChI=1S/C15H20F4O6/c1-5-14(16,17)12(21)23-7-10(25-11(20)9(3)4)8-24-13(22)15(18,19)6-2/h10H,3,5-8H2,1-2,4H3. The fourth-order valence-corrected chi connectivity index (χ4v) is 1.21. The third-order valence-electron chi connectivity index (χ3n) is 2.91. The van der Waals surface area contributed by atoms with Gasteiger partial charge in [-0.3, -0.25) is 0 Å². The average molecular weight is 372 g/mol. The number of alkyl halides is 4. The molecule has 0 spiro atoms. The summed E-state index contributed by atoms with van der Waals surface area (Å²) in [5, 5.41) is 0. The van der Waals surface area contributed by atoms with Gasteiger partial charge in [0.2, 0.25) is 0 Å². The molecule has 0 radical (unpaired) electrons. The second-order valence-corrected chi connectivity index (χ2v) is 5.12. The first-order valence-corrected chi connectivity index (χ1v) is 7.34. The lowest BCUT2D eigenvalue weighted by Crippen LogP contribution is -2.38. The zero-order valence-corrected chi connectivity index (χ0v) is 14.1. The highest BCUT2D eigenvalue weighted by molar-refractivity contribution is 5.87. The summed E-state index contributed by atoms with van der Waals surface area (Å²) in [6.45, 7) is 4.84. The van der Waals surface area contributed by atoms with Crippen LogP contribution in [0.3, 0.4) is 0 Å². The van der Waals surface area contributed by atoms with Crippen LogP contribution in [0.1, 0.15) is 33.6 Å². The summed E-state index contributed by atoms with van der Waals surface area (Å²) in [5.41, 5.74) is -0.0829. The molecule has 25 heavy (non-hydrogen) atoms. The Bertz CT molecular complexity index is 486. The van der Waals surface area contributed by atoms with Crippen LogP contribution < -0.4 is 0 Å². The van der Waals surface area contributed by atoms with E-state index in [-0.39, 0.29) is 5.57 Å². The summed E-state index contributed by atoms with van der Waals surface area (Å²) in [7, 11) is 0. The number of ether oxygens (including phenoxy) is 3. The first-order valence-electron chi connectivity index (χ1n) is 7.34. The van der Waals surface area contributed by atoms with Crippen LogP contribution in [-0.4, -0.2) is 49.1 Å². The van der Waals surface area contributed by atoms with Crippen molar-refractivity contribution in [3.05, 3.63) is 12.2 Å². The molecule has 0 fully saturated rings. The van der Waals surface area contributed by atoms with Crippen molar-refractivity contribution >= 4 is 17.9 Å². The molecule has 0 unspecified atom stereocenters. The van der Waals surface area contributed by atoms with Crippen LogP contribution in [0.2, 0.25) is 0 Å². The minimum absolute atomic E-state index is 0.0829. The summed E-state index contributed by atoms with van der Waals surface area (Å²) >= 11 is 0. The molecule has 0 amide bonds. The van der Waals surface area contributed by atoms with Crippen molar-refractivity contribution < 1.29 is 46.2 Å². The zero-order valence-electron chi connectivity index (χ0n) is 14.1. The Balaban J connectivity index is 4.88. The number of hydrogen-bond donors (Lipinski definition) is 0. The Morgan fingerprint density at radius 3 is 1.56 bits per heavy atom. The number of esters is 3. The van der Waals surface area contributed by atoms with E-state index >= 15 is 0 Å². The zero-order chi connectivity index (χ0) is 19.8. The lowest BCUT2D eigenvalue weighted by atomic mass is 10.2. The second kappa shape index (κ2) is 9.38. The predicted molar refractivity (Wildman–Crippen MR) is 77.1 cm³/mol. The number of carbonyl (C=O) groups is 3. The van der Waals surface area contributed by atoms with E-state index in [9.17, 15) is 31.9 Å². The molecule has 0 rings (SSSR count). The van der Waals surface area contributed by atoms with Crippen LogP contribution in [0, 0.1) is 0 Å². The summed E-state index contributed by atoms with van der Waals surface area (Å²) < 4.78 is 65.8. The Labute approximate surface area is 142 Å². The van der Waals surface area contributed by atoms with Crippen LogP contribution in [0.4, 0.5) is 17.6 Å². The van der Waals surface area contributed by atoms with Gasteiger partial charge in [-0.1, -0.05) is 20.4 Å². The van der Waals surface area contributed by atoms with Crippen molar-refractivity contribution in [2.75, 3.05) is 13.2 Å². The van der Waals surface area contributed by atoms with E-state index in [1.165, 1.54) is 6.92 Å². The molecule has 0 atom stereocenters. The highest BCUT2D eigenvalue weighted by atomic mass is 19.3. The van der Waals surface area contributed by atoms with Crippen LogP contribution in [0.5, 0.6) is 0 Å². The van der Waals surface area contributed by atoms with Crippen molar-refractivity contribution in [1.82, 2.24) is 0 Å². The van der Waals surface area contributed by atoms with Gasteiger partial charge in [0.15, 0.2) is 6.10 Å². The fraction of sp³-hybridized carbons (Fsp3) is 0.667. The van der Waals surface area contributed by atoms with E-state index in [0.717, 1.165) is 13.8 Å². The van der Waals surface area contributed by atoms with Crippen LogP contribution in [0.25, 0.3) is 0 Å². The first kappa shape index (κ1) is 22.9. The van der Waals surface area contributed by atoms with Gasteiger partial charge in [0.1, 0.15) is 13.2 Å². The van der Waals surface area contributed by atoms with Crippen molar-refractivity contribution in [2.45, 2.75) is 51.6 Å². The summed E-state index contributed by atoms with van der Waals surface area (Å²) in [6.07, 6.45) is -3.18. The van der Waals surface area contributed by atoms with E-state index in [1.54, 1.807) is 0 Å². The Morgan fingerprint density at radius 1 is 0.920 bits per heavy atom. The van der Waals surface area contributed by atoms with Gasteiger partial charge in [-0.15, -0.1) is 0 Å². The van der Waals surface area contributed by atoms with E-state index in [1.807, 2.05) is 0 Å². The molecule has 0 saturated carbocycles. The molecule has 144 valence electrons. The van der Waals surface area contributed by atoms with Crippen molar-refractivity contribution in [2.24, 2.45) is 0 Å². The van der Waals surface area contributed by atoms with Crippen LogP contribution >= 0.6 is 0 Å². The number of carbonyl (C=O) groups excluding carboxylic acids is 3. The van der Waals surface area contributed by atoms with Gasteiger partial charge in [0.25, 0.3) is 0 Å².